The van der Waals surface area contributed by atoms with Crippen molar-refractivity contribution in [3.8, 4) is 11.6 Å². The Morgan fingerprint density at radius 3 is 2.60 bits per heavy atom. The van der Waals surface area contributed by atoms with E-state index < -0.39 is 22.1 Å². The van der Waals surface area contributed by atoms with Gasteiger partial charge < -0.3 is 5.11 Å². The Morgan fingerprint density at radius 2 is 1.97 bits per heavy atom. The molecular formula is C19H16BrN5O5. The number of hydrazone groups is 1. The smallest absolute Gasteiger partial charge is 0.335 e. The second-order valence-electron chi connectivity index (χ2n) is 6.13. The number of benzene rings is 2. The highest BCUT2D eigenvalue weighted by molar-refractivity contribution is 9.10. The summed E-state index contributed by atoms with van der Waals surface area (Å²) in [6.45, 7) is 1.90. The summed E-state index contributed by atoms with van der Waals surface area (Å²) < 4.78 is 1.81. The van der Waals surface area contributed by atoms with Gasteiger partial charge in [0.15, 0.2) is 0 Å². The zero-order valence-corrected chi connectivity index (χ0v) is 17.2. The Bertz CT molecular complexity index is 1250. The Morgan fingerprint density at radius 1 is 1.27 bits per heavy atom. The molecule has 0 fully saturated rings. The van der Waals surface area contributed by atoms with Gasteiger partial charge in [0.05, 0.1) is 22.5 Å². The number of nitrogens with one attached hydrogen (secondary N) is 2. The van der Waals surface area contributed by atoms with Crippen LogP contribution in [0.2, 0.25) is 0 Å². The van der Waals surface area contributed by atoms with Gasteiger partial charge in [0.2, 0.25) is 5.88 Å². The minimum Gasteiger partial charge on any atom is -0.493 e. The van der Waals surface area contributed by atoms with Crippen molar-refractivity contribution < 1.29 is 10.0 Å². The number of nitro groups is 1. The van der Waals surface area contributed by atoms with Crippen LogP contribution >= 0.6 is 15.9 Å². The van der Waals surface area contributed by atoms with Crippen LogP contribution < -0.4 is 16.7 Å². The molecule has 3 N–H and O–H groups in total. The zero-order valence-electron chi connectivity index (χ0n) is 15.6. The Labute approximate surface area is 177 Å². The van der Waals surface area contributed by atoms with E-state index in [9.17, 15) is 24.8 Å². The molecule has 3 aromatic rings. The van der Waals surface area contributed by atoms with Crippen LogP contribution in [-0.4, -0.2) is 25.8 Å². The molecule has 1 heterocycles. The SMILES string of the molecule is CCc1cc(Br)ccc1-n1c(O)c(C=NNc2ccc([N+](=O)[O-])cc2)c(=O)[nH]c1=O. The first kappa shape index (κ1) is 21.0. The van der Waals surface area contributed by atoms with Crippen molar-refractivity contribution in [2.45, 2.75) is 13.3 Å². The molecular weight excluding hydrogens is 458 g/mol. The van der Waals surface area contributed by atoms with E-state index in [2.05, 4.69) is 31.4 Å². The van der Waals surface area contributed by atoms with Crippen LogP contribution in [0.3, 0.4) is 0 Å². The van der Waals surface area contributed by atoms with Gasteiger partial charge in [0.1, 0.15) is 5.56 Å². The van der Waals surface area contributed by atoms with Gasteiger partial charge in [-0.3, -0.25) is 25.3 Å². The second kappa shape index (κ2) is 8.74. The van der Waals surface area contributed by atoms with Crippen molar-refractivity contribution in [1.29, 1.82) is 0 Å². The summed E-state index contributed by atoms with van der Waals surface area (Å²) in [5.41, 5.74) is 2.35. The third-order valence-corrected chi connectivity index (χ3v) is 4.74. The van der Waals surface area contributed by atoms with Gasteiger partial charge in [0.25, 0.3) is 11.2 Å². The summed E-state index contributed by atoms with van der Waals surface area (Å²) in [5.74, 6) is -0.560. The van der Waals surface area contributed by atoms with Crippen LogP contribution in [0.25, 0.3) is 5.69 Å². The first-order valence-corrected chi connectivity index (χ1v) is 9.51. The van der Waals surface area contributed by atoms with Crippen molar-refractivity contribution in [1.82, 2.24) is 9.55 Å². The summed E-state index contributed by atoms with van der Waals surface area (Å²) >= 11 is 3.37. The predicted octanol–water partition coefficient (Wildman–Crippen LogP) is 2.91. The minimum atomic E-state index is -0.807. The number of nitro benzene ring substituents is 1. The number of aromatic hydroxyl groups is 1. The van der Waals surface area contributed by atoms with Crippen molar-refractivity contribution in [3.63, 3.8) is 0 Å². The number of rotatable bonds is 6. The fraction of sp³-hybridized carbons (Fsp3) is 0.105. The number of hydrogen-bond acceptors (Lipinski definition) is 7. The van der Waals surface area contributed by atoms with Gasteiger partial charge in [-0.1, -0.05) is 22.9 Å². The molecule has 0 aliphatic heterocycles. The van der Waals surface area contributed by atoms with E-state index in [-0.39, 0.29) is 11.3 Å². The third kappa shape index (κ3) is 4.30. The van der Waals surface area contributed by atoms with Crippen LogP contribution in [0.15, 0.2) is 61.6 Å². The number of halogens is 1. The van der Waals surface area contributed by atoms with Crippen LogP contribution in [0.4, 0.5) is 11.4 Å². The molecule has 1 aromatic heterocycles. The fourth-order valence-corrected chi connectivity index (χ4v) is 3.17. The van der Waals surface area contributed by atoms with Crippen molar-refractivity contribution in [3.05, 3.63) is 89.0 Å². The molecule has 2 aromatic carbocycles. The van der Waals surface area contributed by atoms with Gasteiger partial charge in [-0.05, 0) is 42.3 Å². The second-order valence-corrected chi connectivity index (χ2v) is 7.05. The normalized spacial score (nSPS) is 11.0. The van der Waals surface area contributed by atoms with Crippen LogP contribution in [-0.2, 0) is 6.42 Å². The summed E-state index contributed by atoms with van der Waals surface area (Å²) in [6, 6.07) is 10.7. The highest BCUT2D eigenvalue weighted by atomic mass is 79.9. The number of anilines is 1. The first-order valence-electron chi connectivity index (χ1n) is 8.72. The zero-order chi connectivity index (χ0) is 21.8. The molecule has 0 atom stereocenters. The summed E-state index contributed by atoms with van der Waals surface area (Å²) in [6.07, 6.45) is 1.65. The summed E-state index contributed by atoms with van der Waals surface area (Å²) in [7, 11) is 0. The first-order chi connectivity index (χ1) is 14.3. The molecule has 154 valence electrons. The number of nitrogens with zero attached hydrogens (tertiary/aromatic N) is 3. The average Bonchev–Trinajstić information content (AvgIpc) is 2.71. The highest BCUT2D eigenvalue weighted by Gasteiger charge is 2.16. The predicted molar refractivity (Wildman–Crippen MR) is 116 cm³/mol. The Balaban J connectivity index is 1.97. The maximum absolute atomic E-state index is 12.4. The topological polar surface area (TPSA) is 143 Å². The van der Waals surface area contributed by atoms with E-state index in [4.69, 9.17) is 0 Å². The standard InChI is InChI=1S/C19H16BrN5O5/c1-2-11-9-12(20)3-8-16(11)24-18(27)15(17(26)22-19(24)28)10-21-23-13-4-6-14(7-5-13)25(29)30/h3-10,23,27H,2H2,1H3,(H,22,26,28). The van der Waals surface area contributed by atoms with E-state index in [1.165, 1.54) is 24.3 Å². The molecule has 11 heteroatoms. The summed E-state index contributed by atoms with van der Waals surface area (Å²) in [5, 5.41) is 25.2. The lowest BCUT2D eigenvalue weighted by molar-refractivity contribution is -0.384. The highest BCUT2D eigenvalue weighted by Crippen LogP contribution is 2.23. The number of aromatic amines is 1. The molecule has 10 nitrogen and oxygen atoms in total. The van der Waals surface area contributed by atoms with Crippen molar-refractivity contribution in [2.75, 3.05) is 5.43 Å². The van der Waals surface area contributed by atoms with E-state index >= 15 is 0 Å². The monoisotopic (exact) mass is 473 g/mol. The fourth-order valence-electron chi connectivity index (χ4n) is 2.76. The van der Waals surface area contributed by atoms with Crippen molar-refractivity contribution in [2.24, 2.45) is 5.10 Å². The average molecular weight is 474 g/mol. The van der Waals surface area contributed by atoms with Gasteiger partial charge in [-0.2, -0.15) is 5.10 Å². The van der Waals surface area contributed by atoms with Gasteiger partial charge in [-0.15, -0.1) is 0 Å². The van der Waals surface area contributed by atoms with Gasteiger partial charge >= 0.3 is 5.69 Å². The van der Waals surface area contributed by atoms with Gasteiger partial charge in [-0.25, -0.2) is 9.36 Å². The van der Waals surface area contributed by atoms with E-state index in [1.54, 1.807) is 12.1 Å². The molecule has 0 amide bonds. The molecule has 30 heavy (non-hydrogen) atoms. The molecule has 0 aliphatic carbocycles. The van der Waals surface area contributed by atoms with E-state index in [0.717, 1.165) is 20.8 Å². The van der Waals surface area contributed by atoms with E-state index in [0.29, 0.717) is 17.8 Å². The lowest BCUT2D eigenvalue weighted by Gasteiger charge is -2.13. The minimum absolute atomic E-state index is 0.0769. The van der Waals surface area contributed by atoms with Crippen molar-refractivity contribution >= 4 is 33.5 Å². The molecule has 3 rings (SSSR count). The number of aryl methyl sites for hydroxylation is 1. The number of non-ortho nitro benzene ring substituents is 1. The van der Waals surface area contributed by atoms with Crippen LogP contribution in [0, 0.1) is 10.1 Å². The largest absolute Gasteiger partial charge is 0.493 e. The molecule has 0 radical (unpaired) electrons. The lowest BCUT2D eigenvalue weighted by Crippen LogP contribution is -2.31. The molecule has 0 saturated carbocycles. The molecule has 0 bridgehead atoms. The quantitative estimate of drug-likeness (QED) is 0.285. The maximum Gasteiger partial charge on any atom is 0.335 e. The van der Waals surface area contributed by atoms with E-state index in [1.807, 2.05) is 13.0 Å². The third-order valence-electron chi connectivity index (χ3n) is 4.25. The number of H-pyrrole nitrogens is 1. The molecule has 0 spiro atoms. The maximum atomic E-state index is 12.4. The van der Waals surface area contributed by atoms with Crippen LogP contribution in [0.1, 0.15) is 18.1 Å². The molecule has 0 saturated heterocycles. The molecule has 0 unspecified atom stereocenters. The Hall–Kier alpha value is -3.73. The molecule has 0 aliphatic rings. The number of aromatic nitrogens is 2. The lowest BCUT2D eigenvalue weighted by atomic mass is 10.1. The Kier molecular flexibility index (Phi) is 6.11. The summed E-state index contributed by atoms with van der Waals surface area (Å²) in [4.78, 5) is 36.9. The van der Waals surface area contributed by atoms with Gasteiger partial charge in [0, 0.05) is 16.6 Å². The van der Waals surface area contributed by atoms with Crippen LogP contribution in [0.5, 0.6) is 5.88 Å². The number of hydrogen-bond donors (Lipinski definition) is 3.